The Balaban J connectivity index is 2.32. The lowest BCUT2D eigenvalue weighted by Gasteiger charge is -2.05. The lowest BCUT2D eigenvalue weighted by Crippen LogP contribution is -1.98. The second kappa shape index (κ2) is 4.05. The van der Waals surface area contributed by atoms with E-state index in [2.05, 4.69) is 16.7 Å². The van der Waals surface area contributed by atoms with Gasteiger partial charge < -0.3 is 10.3 Å². The number of rotatable bonds is 3. The average molecular weight is 199 g/mol. The zero-order valence-corrected chi connectivity index (χ0v) is 8.48. The summed E-state index contributed by atoms with van der Waals surface area (Å²) in [6, 6.07) is 10.1. The number of anilines is 1. The fourth-order valence-electron chi connectivity index (χ4n) is 1.81. The molecule has 0 unspecified atom stereocenters. The summed E-state index contributed by atoms with van der Waals surface area (Å²) in [5.74, 6) is 0. The number of nitrogens with two attached hydrogens (primary N) is 1. The van der Waals surface area contributed by atoms with E-state index in [1.165, 1.54) is 0 Å². The molecule has 15 heavy (non-hydrogen) atoms. The SMILES string of the molecule is N#CCCCn1ccc2cccc(N)c21. The zero-order valence-electron chi connectivity index (χ0n) is 8.48. The molecule has 3 heteroatoms. The fraction of sp³-hybridized carbons (Fsp3) is 0.250. The second-order valence-electron chi connectivity index (χ2n) is 3.56. The highest BCUT2D eigenvalue weighted by atomic mass is 15.0. The summed E-state index contributed by atoms with van der Waals surface area (Å²) < 4.78 is 2.11. The Kier molecular flexibility index (Phi) is 2.59. The molecule has 0 spiro atoms. The molecular formula is C12H13N3. The second-order valence-corrected chi connectivity index (χ2v) is 3.56. The molecule has 1 heterocycles. The highest BCUT2D eigenvalue weighted by molar-refractivity contribution is 5.90. The number of fused-ring (bicyclic) bond motifs is 1. The summed E-state index contributed by atoms with van der Waals surface area (Å²) in [7, 11) is 0. The van der Waals surface area contributed by atoms with Gasteiger partial charge in [0.15, 0.2) is 0 Å². The van der Waals surface area contributed by atoms with Gasteiger partial charge in [-0.3, -0.25) is 0 Å². The van der Waals surface area contributed by atoms with Gasteiger partial charge in [-0.2, -0.15) is 5.26 Å². The molecule has 0 fully saturated rings. The molecule has 2 aromatic rings. The van der Waals surface area contributed by atoms with Gasteiger partial charge in [0.25, 0.3) is 0 Å². The van der Waals surface area contributed by atoms with Crippen LogP contribution in [0.4, 0.5) is 5.69 Å². The Morgan fingerprint density at radius 2 is 2.20 bits per heavy atom. The molecular weight excluding hydrogens is 186 g/mol. The van der Waals surface area contributed by atoms with Crippen molar-refractivity contribution in [2.45, 2.75) is 19.4 Å². The standard InChI is InChI=1S/C12H13N3/c13-7-1-2-8-15-9-6-10-4-3-5-11(14)12(10)15/h3-6,9H,1-2,8,14H2. The molecule has 0 radical (unpaired) electrons. The van der Waals surface area contributed by atoms with Crippen LogP contribution in [0.15, 0.2) is 30.5 Å². The smallest absolute Gasteiger partial charge is 0.0713 e. The minimum Gasteiger partial charge on any atom is -0.397 e. The minimum absolute atomic E-state index is 0.590. The third-order valence-corrected chi connectivity index (χ3v) is 2.51. The van der Waals surface area contributed by atoms with Crippen molar-refractivity contribution in [1.82, 2.24) is 4.57 Å². The first kappa shape index (κ1) is 9.60. The van der Waals surface area contributed by atoms with Crippen LogP contribution in [0.5, 0.6) is 0 Å². The highest BCUT2D eigenvalue weighted by Gasteiger charge is 2.03. The Labute approximate surface area is 88.7 Å². The van der Waals surface area contributed by atoms with E-state index in [1.54, 1.807) is 0 Å². The van der Waals surface area contributed by atoms with Crippen LogP contribution >= 0.6 is 0 Å². The number of aryl methyl sites for hydroxylation is 1. The molecule has 0 amide bonds. The van der Waals surface area contributed by atoms with Gasteiger partial charge in [-0.05, 0) is 18.6 Å². The molecule has 76 valence electrons. The number of aromatic nitrogens is 1. The summed E-state index contributed by atoms with van der Waals surface area (Å²) in [6.45, 7) is 0.852. The Hall–Kier alpha value is -1.95. The van der Waals surface area contributed by atoms with Gasteiger partial charge in [0.1, 0.15) is 0 Å². The van der Waals surface area contributed by atoms with Crippen molar-refractivity contribution in [2.75, 3.05) is 5.73 Å². The fourth-order valence-corrected chi connectivity index (χ4v) is 1.81. The maximum atomic E-state index is 8.48. The molecule has 2 rings (SSSR count). The van der Waals surface area contributed by atoms with Crippen molar-refractivity contribution in [2.24, 2.45) is 0 Å². The van der Waals surface area contributed by atoms with Crippen LogP contribution < -0.4 is 5.73 Å². The third-order valence-electron chi connectivity index (χ3n) is 2.51. The van der Waals surface area contributed by atoms with Crippen molar-refractivity contribution in [3.8, 4) is 6.07 Å². The lowest BCUT2D eigenvalue weighted by atomic mass is 10.2. The molecule has 0 aliphatic heterocycles. The van der Waals surface area contributed by atoms with Gasteiger partial charge in [-0.25, -0.2) is 0 Å². The van der Waals surface area contributed by atoms with Gasteiger partial charge in [0, 0.05) is 24.5 Å². The van der Waals surface area contributed by atoms with Crippen LogP contribution in [-0.2, 0) is 6.54 Å². The largest absolute Gasteiger partial charge is 0.397 e. The molecule has 0 saturated carbocycles. The van der Waals surface area contributed by atoms with Crippen LogP contribution in [0.3, 0.4) is 0 Å². The molecule has 0 bridgehead atoms. The lowest BCUT2D eigenvalue weighted by molar-refractivity contribution is 0.675. The van der Waals surface area contributed by atoms with Crippen LogP contribution in [0.1, 0.15) is 12.8 Å². The van der Waals surface area contributed by atoms with E-state index in [0.717, 1.165) is 29.6 Å². The maximum Gasteiger partial charge on any atom is 0.0713 e. The summed E-state index contributed by atoms with van der Waals surface area (Å²) in [6.07, 6.45) is 3.49. The van der Waals surface area contributed by atoms with Crippen molar-refractivity contribution in [3.05, 3.63) is 30.5 Å². The number of benzene rings is 1. The van der Waals surface area contributed by atoms with Crippen molar-refractivity contribution < 1.29 is 0 Å². The Bertz CT molecular complexity index is 505. The van der Waals surface area contributed by atoms with Crippen molar-refractivity contribution in [3.63, 3.8) is 0 Å². The topological polar surface area (TPSA) is 54.7 Å². The monoisotopic (exact) mass is 199 g/mol. The van der Waals surface area contributed by atoms with E-state index in [0.29, 0.717) is 6.42 Å². The van der Waals surface area contributed by atoms with E-state index in [9.17, 15) is 0 Å². The van der Waals surface area contributed by atoms with Gasteiger partial charge in [0.05, 0.1) is 17.3 Å². The van der Waals surface area contributed by atoms with Crippen LogP contribution in [0.2, 0.25) is 0 Å². The van der Waals surface area contributed by atoms with Crippen molar-refractivity contribution in [1.29, 1.82) is 5.26 Å². The number of nitriles is 1. The first-order chi connectivity index (χ1) is 7.33. The normalized spacial score (nSPS) is 10.3. The number of hydrogen-bond donors (Lipinski definition) is 1. The molecule has 0 saturated heterocycles. The number of nitrogens with zero attached hydrogens (tertiary/aromatic N) is 2. The van der Waals surface area contributed by atoms with Gasteiger partial charge in [-0.15, -0.1) is 0 Å². The molecule has 3 nitrogen and oxygen atoms in total. The quantitative estimate of drug-likeness (QED) is 0.610. The van der Waals surface area contributed by atoms with E-state index >= 15 is 0 Å². The molecule has 2 N–H and O–H groups in total. The molecule has 0 aliphatic carbocycles. The van der Waals surface area contributed by atoms with Gasteiger partial charge >= 0.3 is 0 Å². The number of para-hydroxylation sites is 1. The molecule has 1 aromatic carbocycles. The molecule has 1 aromatic heterocycles. The van der Waals surface area contributed by atoms with Gasteiger partial charge in [-0.1, -0.05) is 12.1 Å². The first-order valence-corrected chi connectivity index (χ1v) is 5.03. The van der Waals surface area contributed by atoms with Gasteiger partial charge in [0.2, 0.25) is 0 Å². The molecule has 0 aliphatic rings. The van der Waals surface area contributed by atoms with E-state index in [4.69, 9.17) is 11.0 Å². The highest BCUT2D eigenvalue weighted by Crippen LogP contribution is 2.22. The predicted molar refractivity (Wildman–Crippen MR) is 61.2 cm³/mol. The average Bonchev–Trinajstić information content (AvgIpc) is 2.63. The summed E-state index contributed by atoms with van der Waals surface area (Å²) in [4.78, 5) is 0. The van der Waals surface area contributed by atoms with Crippen LogP contribution in [0, 0.1) is 11.3 Å². The molecule has 0 atom stereocenters. The summed E-state index contributed by atoms with van der Waals surface area (Å²) in [5, 5.41) is 9.64. The Morgan fingerprint density at radius 3 is 3.00 bits per heavy atom. The van der Waals surface area contributed by atoms with Crippen LogP contribution in [-0.4, -0.2) is 4.57 Å². The summed E-state index contributed by atoms with van der Waals surface area (Å²) >= 11 is 0. The number of nitrogen functional groups attached to an aromatic ring is 1. The van der Waals surface area contributed by atoms with Crippen molar-refractivity contribution >= 4 is 16.6 Å². The van der Waals surface area contributed by atoms with Crippen LogP contribution in [0.25, 0.3) is 10.9 Å². The third kappa shape index (κ3) is 1.79. The van der Waals surface area contributed by atoms with E-state index in [-0.39, 0.29) is 0 Å². The zero-order chi connectivity index (χ0) is 10.7. The van der Waals surface area contributed by atoms with E-state index < -0.39 is 0 Å². The minimum atomic E-state index is 0.590. The first-order valence-electron chi connectivity index (χ1n) is 5.03. The number of unbranched alkanes of at least 4 members (excludes halogenated alkanes) is 1. The number of hydrogen-bond acceptors (Lipinski definition) is 2. The summed E-state index contributed by atoms with van der Waals surface area (Å²) in [5.41, 5.74) is 7.80. The van der Waals surface area contributed by atoms with E-state index in [1.807, 2.05) is 24.4 Å². The predicted octanol–water partition coefficient (Wildman–Crippen LogP) is 2.53. The maximum absolute atomic E-state index is 8.48. The Morgan fingerprint density at radius 1 is 1.33 bits per heavy atom.